The van der Waals surface area contributed by atoms with Gasteiger partial charge in [0.05, 0.1) is 23.3 Å². The molecule has 2 N–H and O–H groups in total. The fraction of sp³-hybridized carbons (Fsp3) is 0.0500. The number of nitrogens with one attached hydrogen (secondary N) is 2. The zero-order chi connectivity index (χ0) is 21.9. The van der Waals surface area contributed by atoms with Crippen molar-refractivity contribution in [3.63, 3.8) is 0 Å². The molecule has 0 atom stereocenters. The Hall–Kier alpha value is -3.17. The van der Waals surface area contributed by atoms with Gasteiger partial charge in [-0.3, -0.25) is 9.52 Å². The Bertz CT molecular complexity index is 1200. The summed E-state index contributed by atoms with van der Waals surface area (Å²) in [6.07, 6.45) is 0. The van der Waals surface area contributed by atoms with E-state index in [1.807, 2.05) is 0 Å². The lowest BCUT2D eigenvalue weighted by molar-refractivity contribution is 0.102. The van der Waals surface area contributed by atoms with E-state index in [9.17, 15) is 22.0 Å². The van der Waals surface area contributed by atoms with Crippen LogP contribution in [0.5, 0.6) is 5.75 Å². The summed E-state index contributed by atoms with van der Waals surface area (Å²) in [4.78, 5) is 12.2. The maximum absolute atomic E-state index is 14.0. The zero-order valence-electron chi connectivity index (χ0n) is 15.4. The van der Waals surface area contributed by atoms with Crippen LogP contribution in [0.25, 0.3) is 0 Å². The van der Waals surface area contributed by atoms with E-state index in [1.54, 1.807) is 0 Å². The largest absolute Gasteiger partial charge is 0.495 e. The first kappa shape index (κ1) is 21.5. The van der Waals surface area contributed by atoms with Crippen molar-refractivity contribution in [2.24, 2.45) is 0 Å². The number of amides is 1. The van der Waals surface area contributed by atoms with Gasteiger partial charge in [0.1, 0.15) is 17.4 Å². The zero-order valence-corrected chi connectivity index (χ0v) is 17.0. The van der Waals surface area contributed by atoms with E-state index in [1.165, 1.54) is 37.4 Å². The van der Waals surface area contributed by atoms with Crippen LogP contribution >= 0.6 is 11.6 Å². The molecule has 3 aromatic rings. The molecular formula is C20H15ClF2N2O4S. The molecule has 10 heteroatoms. The maximum Gasteiger partial charge on any atom is 0.262 e. The Labute approximate surface area is 176 Å². The molecule has 6 nitrogen and oxygen atoms in total. The van der Waals surface area contributed by atoms with Gasteiger partial charge in [-0.1, -0.05) is 11.6 Å². The van der Waals surface area contributed by atoms with Crippen molar-refractivity contribution in [1.82, 2.24) is 0 Å². The van der Waals surface area contributed by atoms with Gasteiger partial charge in [0.25, 0.3) is 15.9 Å². The van der Waals surface area contributed by atoms with E-state index in [4.69, 9.17) is 16.3 Å². The topological polar surface area (TPSA) is 84.5 Å². The van der Waals surface area contributed by atoms with Gasteiger partial charge in [-0.05, 0) is 60.7 Å². The van der Waals surface area contributed by atoms with Gasteiger partial charge in [-0.25, -0.2) is 17.2 Å². The summed E-state index contributed by atoms with van der Waals surface area (Å²) in [7, 11) is -2.72. The van der Waals surface area contributed by atoms with Gasteiger partial charge in [0.2, 0.25) is 0 Å². The number of anilines is 2. The van der Waals surface area contributed by atoms with Gasteiger partial charge < -0.3 is 10.1 Å². The fourth-order valence-electron chi connectivity index (χ4n) is 2.55. The predicted molar refractivity (Wildman–Crippen MR) is 110 cm³/mol. The summed E-state index contributed by atoms with van der Waals surface area (Å²) < 4.78 is 59.7. The van der Waals surface area contributed by atoms with E-state index in [2.05, 4.69) is 10.0 Å². The van der Waals surface area contributed by atoms with E-state index >= 15 is 0 Å². The first-order valence-corrected chi connectivity index (χ1v) is 10.3. The van der Waals surface area contributed by atoms with Crippen molar-refractivity contribution in [3.05, 3.63) is 82.9 Å². The van der Waals surface area contributed by atoms with Crippen LogP contribution in [-0.2, 0) is 10.0 Å². The molecule has 0 bridgehead atoms. The van der Waals surface area contributed by atoms with E-state index in [-0.39, 0.29) is 32.6 Å². The highest BCUT2D eigenvalue weighted by Gasteiger charge is 2.18. The molecule has 0 saturated carbocycles. The Morgan fingerprint density at radius 2 is 1.70 bits per heavy atom. The highest BCUT2D eigenvalue weighted by molar-refractivity contribution is 7.92. The molecule has 1 amide bonds. The van der Waals surface area contributed by atoms with E-state index < -0.39 is 27.6 Å². The van der Waals surface area contributed by atoms with Crippen LogP contribution in [0.2, 0.25) is 5.02 Å². The number of carbonyl (C=O) groups is 1. The van der Waals surface area contributed by atoms with Gasteiger partial charge in [0, 0.05) is 10.7 Å². The minimum absolute atomic E-state index is 0.0243. The molecule has 0 aliphatic carbocycles. The normalized spacial score (nSPS) is 11.1. The van der Waals surface area contributed by atoms with Crippen LogP contribution < -0.4 is 14.8 Å². The molecule has 0 heterocycles. The minimum Gasteiger partial charge on any atom is -0.495 e. The monoisotopic (exact) mass is 452 g/mol. The van der Waals surface area contributed by atoms with Crippen LogP contribution in [0.3, 0.4) is 0 Å². The first-order valence-electron chi connectivity index (χ1n) is 8.42. The number of halogens is 3. The molecule has 3 rings (SSSR count). The molecule has 0 aromatic heterocycles. The molecule has 0 aliphatic rings. The second-order valence-electron chi connectivity index (χ2n) is 6.05. The van der Waals surface area contributed by atoms with Crippen LogP contribution in [0, 0.1) is 11.6 Å². The predicted octanol–water partition coefficient (Wildman–Crippen LogP) is 4.68. The summed E-state index contributed by atoms with van der Waals surface area (Å²) in [6.45, 7) is 0. The summed E-state index contributed by atoms with van der Waals surface area (Å²) >= 11 is 5.69. The lowest BCUT2D eigenvalue weighted by Gasteiger charge is -2.14. The summed E-state index contributed by atoms with van der Waals surface area (Å²) in [5.41, 5.74) is -0.0215. The van der Waals surface area contributed by atoms with Crippen molar-refractivity contribution in [1.29, 1.82) is 0 Å². The molecule has 0 aliphatic heterocycles. The summed E-state index contributed by atoms with van der Waals surface area (Å²) in [5.74, 6) is -1.95. The standard InChI is InChI=1S/C20H15ClF2N2O4S/c1-29-19-9-5-14(24-20(26)16-8-2-12(21)10-17(16)23)11-18(19)25-30(27,28)15-6-3-13(22)4-7-15/h2-11,25H,1H3,(H,24,26). The third kappa shape index (κ3) is 4.87. The molecule has 0 radical (unpaired) electrons. The van der Waals surface area contributed by atoms with Gasteiger partial charge in [0.15, 0.2) is 0 Å². The van der Waals surface area contributed by atoms with Crippen LogP contribution in [0.1, 0.15) is 10.4 Å². The highest BCUT2D eigenvalue weighted by atomic mass is 35.5. The number of methoxy groups -OCH3 is 1. The Balaban J connectivity index is 1.88. The molecule has 3 aromatic carbocycles. The second kappa shape index (κ2) is 8.68. The van der Waals surface area contributed by atoms with E-state index in [0.717, 1.165) is 30.3 Å². The minimum atomic E-state index is -4.06. The lowest BCUT2D eigenvalue weighted by Crippen LogP contribution is -2.16. The Morgan fingerprint density at radius 1 is 1.00 bits per heavy atom. The number of sulfonamides is 1. The summed E-state index contributed by atoms with van der Waals surface area (Å²) in [5, 5.41) is 2.63. The van der Waals surface area contributed by atoms with Crippen molar-refractivity contribution < 1.29 is 26.7 Å². The van der Waals surface area contributed by atoms with E-state index in [0.29, 0.717) is 0 Å². The number of ether oxygens (including phenoxy) is 1. The Kier molecular flexibility index (Phi) is 6.23. The molecule has 0 spiro atoms. The highest BCUT2D eigenvalue weighted by Crippen LogP contribution is 2.30. The van der Waals surface area contributed by atoms with Crippen LogP contribution in [-0.4, -0.2) is 21.4 Å². The molecular weight excluding hydrogens is 438 g/mol. The van der Waals surface area contributed by atoms with Crippen molar-refractivity contribution in [3.8, 4) is 5.75 Å². The van der Waals surface area contributed by atoms with Crippen molar-refractivity contribution >= 4 is 38.9 Å². The first-order chi connectivity index (χ1) is 14.2. The summed E-state index contributed by atoms with van der Waals surface area (Å²) in [6, 6.07) is 12.1. The fourth-order valence-corrected chi connectivity index (χ4v) is 3.78. The number of rotatable bonds is 6. The SMILES string of the molecule is COc1ccc(NC(=O)c2ccc(Cl)cc2F)cc1NS(=O)(=O)c1ccc(F)cc1. The van der Waals surface area contributed by atoms with Crippen molar-refractivity contribution in [2.45, 2.75) is 4.90 Å². The average Bonchev–Trinajstić information content (AvgIpc) is 2.68. The van der Waals surface area contributed by atoms with Gasteiger partial charge in [-0.15, -0.1) is 0 Å². The second-order valence-corrected chi connectivity index (χ2v) is 8.17. The molecule has 0 fully saturated rings. The molecule has 30 heavy (non-hydrogen) atoms. The molecule has 0 saturated heterocycles. The quantitative estimate of drug-likeness (QED) is 0.568. The number of carbonyl (C=O) groups excluding carboxylic acids is 1. The average molecular weight is 453 g/mol. The Morgan fingerprint density at radius 3 is 2.33 bits per heavy atom. The third-order valence-corrected chi connectivity index (χ3v) is 5.62. The molecule has 0 unspecified atom stereocenters. The van der Waals surface area contributed by atoms with Crippen LogP contribution in [0.4, 0.5) is 20.2 Å². The molecule has 156 valence electrons. The third-order valence-electron chi connectivity index (χ3n) is 4.00. The number of benzene rings is 3. The van der Waals surface area contributed by atoms with Crippen molar-refractivity contribution in [2.75, 3.05) is 17.1 Å². The number of hydrogen-bond acceptors (Lipinski definition) is 4. The van der Waals surface area contributed by atoms with Crippen LogP contribution in [0.15, 0.2) is 65.6 Å². The van der Waals surface area contributed by atoms with Gasteiger partial charge >= 0.3 is 0 Å². The van der Waals surface area contributed by atoms with Gasteiger partial charge in [-0.2, -0.15) is 0 Å². The maximum atomic E-state index is 14.0. The lowest BCUT2D eigenvalue weighted by atomic mass is 10.2. The number of hydrogen-bond donors (Lipinski definition) is 2. The smallest absolute Gasteiger partial charge is 0.262 e.